The summed E-state index contributed by atoms with van der Waals surface area (Å²) in [6.07, 6.45) is 0. The van der Waals surface area contributed by atoms with Crippen LogP contribution in [0.2, 0.25) is 0 Å². The summed E-state index contributed by atoms with van der Waals surface area (Å²) in [5.41, 5.74) is 1.99. The maximum Gasteiger partial charge on any atom is 0.341 e. The molecule has 2 aromatic carbocycles. The van der Waals surface area contributed by atoms with Gasteiger partial charge in [-0.05, 0) is 35.4 Å². The third-order valence-corrected chi connectivity index (χ3v) is 2.92. The summed E-state index contributed by atoms with van der Waals surface area (Å²) in [4.78, 5) is 10.4. The third-order valence-electron chi connectivity index (χ3n) is 2.92. The lowest BCUT2D eigenvalue weighted by Crippen LogP contribution is -2.09. The van der Waals surface area contributed by atoms with Crippen molar-refractivity contribution in [1.82, 2.24) is 0 Å². The van der Waals surface area contributed by atoms with Gasteiger partial charge in [0.1, 0.15) is 5.75 Å². The van der Waals surface area contributed by atoms with Crippen LogP contribution < -0.4 is 14.2 Å². The van der Waals surface area contributed by atoms with Gasteiger partial charge in [-0.2, -0.15) is 0 Å². The van der Waals surface area contributed by atoms with Crippen LogP contribution in [0.15, 0.2) is 42.5 Å². The van der Waals surface area contributed by atoms with Gasteiger partial charge in [-0.1, -0.05) is 18.2 Å². The average molecular weight is 272 g/mol. The Hall–Kier alpha value is -2.69. The van der Waals surface area contributed by atoms with E-state index in [1.165, 1.54) is 0 Å². The van der Waals surface area contributed by atoms with Gasteiger partial charge in [-0.15, -0.1) is 0 Å². The van der Waals surface area contributed by atoms with E-state index in [0.717, 1.165) is 22.6 Å². The van der Waals surface area contributed by atoms with Gasteiger partial charge in [-0.3, -0.25) is 0 Å². The first-order valence-corrected chi connectivity index (χ1v) is 6.07. The lowest BCUT2D eigenvalue weighted by Gasteiger charge is -2.06. The van der Waals surface area contributed by atoms with Crippen molar-refractivity contribution in [2.24, 2.45) is 0 Å². The fourth-order valence-corrected chi connectivity index (χ4v) is 1.96. The number of aliphatic carboxylic acids is 1. The zero-order chi connectivity index (χ0) is 13.9. The number of benzene rings is 2. The normalized spacial score (nSPS) is 12.2. The van der Waals surface area contributed by atoms with Crippen molar-refractivity contribution >= 4 is 5.97 Å². The average Bonchev–Trinajstić information content (AvgIpc) is 2.93. The number of carboxylic acids is 1. The van der Waals surface area contributed by atoms with Crippen LogP contribution in [0, 0.1) is 0 Å². The highest BCUT2D eigenvalue weighted by Gasteiger charge is 2.13. The van der Waals surface area contributed by atoms with E-state index < -0.39 is 5.97 Å². The van der Waals surface area contributed by atoms with Crippen molar-refractivity contribution in [2.45, 2.75) is 0 Å². The van der Waals surface area contributed by atoms with Crippen molar-refractivity contribution in [1.29, 1.82) is 0 Å². The minimum atomic E-state index is -0.996. The lowest BCUT2D eigenvalue weighted by atomic mass is 10.1. The van der Waals surface area contributed by atoms with Crippen molar-refractivity contribution in [3.8, 4) is 28.4 Å². The predicted molar refractivity (Wildman–Crippen MR) is 71.1 cm³/mol. The second-order valence-corrected chi connectivity index (χ2v) is 4.27. The Morgan fingerprint density at radius 3 is 2.50 bits per heavy atom. The molecule has 1 heterocycles. The number of fused-ring (bicyclic) bond motifs is 1. The molecule has 0 saturated carbocycles. The highest BCUT2D eigenvalue weighted by Crippen LogP contribution is 2.36. The maximum atomic E-state index is 10.4. The third kappa shape index (κ3) is 2.51. The first-order valence-electron chi connectivity index (χ1n) is 6.07. The van der Waals surface area contributed by atoms with Gasteiger partial charge in [0, 0.05) is 0 Å². The SMILES string of the molecule is O=C(O)COc1ccc(-c2ccc3c(c2)OCO3)cc1. The Bertz CT molecular complexity index is 633. The second kappa shape index (κ2) is 5.13. The number of ether oxygens (including phenoxy) is 3. The summed E-state index contributed by atoms with van der Waals surface area (Å²) >= 11 is 0. The molecule has 0 unspecified atom stereocenters. The quantitative estimate of drug-likeness (QED) is 0.926. The summed E-state index contributed by atoms with van der Waals surface area (Å²) in [6.45, 7) is -0.0931. The number of carbonyl (C=O) groups is 1. The summed E-state index contributed by atoms with van der Waals surface area (Å²) in [6, 6.07) is 12.9. The largest absolute Gasteiger partial charge is 0.482 e. The van der Waals surface area contributed by atoms with Crippen molar-refractivity contribution in [2.75, 3.05) is 13.4 Å². The van der Waals surface area contributed by atoms with Crippen LogP contribution in [0.3, 0.4) is 0 Å². The van der Waals surface area contributed by atoms with Gasteiger partial charge in [0.2, 0.25) is 6.79 Å². The van der Waals surface area contributed by atoms with E-state index in [0.29, 0.717) is 5.75 Å². The van der Waals surface area contributed by atoms with Gasteiger partial charge in [0.05, 0.1) is 0 Å². The molecule has 0 aliphatic carbocycles. The van der Waals surface area contributed by atoms with Gasteiger partial charge in [0.15, 0.2) is 18.1 Å². The number of carboxylic acid groups (broad SMARTS) is 1. The molecule has 0 amide bonds. The Morgan fingerprint density at radius 1 is 1.05 bits per heavy atom. The molecule has 0 bridgehead atoms. The molecule has 1 N–H and O–H groups in total. The highest BCUT2D eigenvalue weighted by atomic mass is 16.7. The Morgan fingerprint density at radius 2 is 1.75 bits per heavy atom. The highest BCUT2D eigenvalue weighted by molar-refractivity contribution is 5.69. The van der Waals surface area contributed by atoms with Crippen LogP contribution in [0.1, 0.15) is 0 Å². The first-order chi connectivity index (χ1) is 9.72. The van der Waals surface area contributed by atoms with Crippen molar-refractivity contribution in [3.63, 3.8) is 0 Å². The van der Waals surface area contributed by atoms with Crippen LogP contribution >= 0.6 is 0 Å². The Balaban J connectivity index is 1.79. The summed E-state index contributed by atoms with van der Waals surface area (Å²) in [7, 11) is 0. The minimum absolute atomic E-state index is 0.251. The van der Waals surface area contributed by atoms with Gasteiger partial charge < -0.3 is 19.3 Å². The van der Waals surface area contributed by atoms with Crippen LogP contribution in [-0.2, 0) is 4.79 Å². The molecule has 0 saturated heterocycles. The molecule has 5 nitrogen and oxygen atoms in total. The molecule has 3 rings (SSSR count). The van der Waals surface area contributed by atoms with Crippen molar-refractivity contribution < 1.29 is 24.1 Å². The zero-order valence-corrected chi connectivity index (χ0v) is 10.5. The summed E-state index contributed by atoms with van der Waals surface area (Å²) < 4.78 is 15.7. The topological polar surface area (TPSA) is 65.0 Å². The van der Waals surface area contributed by atoms with Gasteiger partial charge in [0.25, 0.3) is 0 Å². The fourth-order valence-electron chi connectivity index (χ4n) is 1.96. The monoisotopic (exact) mass is 272 g/mol. The molecule has 5 heteroatoms. The standard InChI is InChI=1S/C15H12O5/c16-15(17)8-18-12-4-1-10(2-5-12)11-3-6-13-14(7-11)20-9-19-13/h1-7H,8-9H2,(H,16,17). The van der Waals surface area contributed by atoms with Crippen LogP contribution in [-0.4, -0.2) is 24.5 Å². The van der Waals surface area contributed by atoms with Gasteiger partial charge in [-0.25, -0.2) is 4.79 Å². The summed E-state index contributed by atoms with van der Waals surface area (Å²) in [5, 5.41) is 8.55. The molecular weight excluding hydrogens is 260 g/mol. The molecular formula is C15H12O5. The minimum Gasteiger partial charge on any atom is -0.482 e. The molecule has 1 aliphatic rings. The molecule has 0 aromatic heterocycles. The van der Waals surface area contributed by atoms with E-state index in [4.69, 9.17) is 19.3 Å². The molecule has 102 valence electrons. The molecule has 0 atom stereocenters. The smallest absolute Gasteiger partial charge is 0.341 e. The molecule has 2 aromatic rings. The van der Waals surface area contributed by atoms with E-state index in [1.54, 1.807) is 12.1 Å². The first kappa shape index (κ1) is 12.3. The van der Waals surface area contributed by atoms with Crippen LogP contribution in [0.25, 0.3) is 11.1 Å². The van der Waals surface area contributed by atoms with E-state index in [2.05, 4.69) is 0 Å². The van der Waals surface area contributed by atoms with Crippen molar-refractivity contribution in [3.05, 3.63) is 42.5 Å². The van der Waals surface area contributed by atoms with E-state index in [9.17, 15) is 4.79 Å². The van der Waals surface area contributed by atoms with E-state index in [1.807, 2.05) is 30.3 Å². The van der Waals surface area contributed by atoms with Crippen LogP contribution in [0.4, 0.5) is 0 Å². The zero-order valence-electron chi connectivity index (χ0n) is 10.5. The second-order valence-electron chi connectivity index (χ2n) is 4.27. The molecule has 0 spiro atoms. The predicted octanol–water partition coefficient (Wildman–Crippen LogP) is 2.55. The number of hydrogen-bond acceptors (Lipinski definition) is 4. The molecule has 1 aliphatic heterocycles. The molecule has 0 radical (unpaired) electrons. The lowest BCUT2D eigenvalue weighted by molar-refractivity contribution is -0.139. The van der Waals surface area contributed by atoms with E-state index in [-0.39, 0.29) is 13.4 Å². The molecule has 0 fully saturated rings. The van der Waals surface area contributed by atoms with Gasteiger partial charge >= 0.3 is 5.97 Å². The number of hydrogen-bond donors (Lipinski definition) is 1. The maximum absolute atomic E-state index is 10.4. The van der Waals surface area contributed by atoms with E-state index >= 15 is 0 Å². The fraction of sp³-hybridized carbons (Fsp3) is 0.133. The Kier molecular flexibility index (Phi) is 3.16. The number of rotatable bonds is 4. The summed E-state index contributed by atoms with van der Waals surface area (Å²) in [5.74, 6) is 1.01. The Labute approximate surface area is 115 Å². The molecule has 20 heavy (non-hydrogen) atoms. The van der Waals surface area contributed by atoms with Crippen LogP contribution in [0.5, 0.6) is 17.2 Å².